The number of hydrogen-bond acceptors (Lipinski definition) is 2. The van der Waals surface area contributed by atoms with Gasteiger partial charge in [0, 0.05) is 21.5 Å². The van der Waals surface area contributed by atoms with E-state index in [0.29, 0.717) is 13.1 Å². The summed E-state index contributed by atoms with van der Waals surface area (Å²) in [4.78, 5) is 16.8. The summed E-state index contributed by atoms with van der Waals surface area (Å²) in [6, 6.07) is 21.7. The van der Waals surface area contributed by atoms with E-state index in [1.165, 1.54) is 5.56 Å². The highest BCUT2D eigenvalue weighted by Gasteiger charge is 2.05. The number of ketones is 1. The Morgan fingerprint density at radius 3 is 2.20 bits per heavy atom. The number of nitrogens with zero attached hydrogens (tertiary/aromatic N) is 2. The Hall–Kier alpha value is -1.73. The van der Waals surface area contributed by atoms with Crippen LogP contribution in [0.4, 0.5) is 0 Å². The van der Waals surface area contributed by atoms with E-state index in [1.807, 2.05) is 71.6 Å². The van der Waals surface area contributed by atoms with Crippen LogP contribution in [0.2, 0.25) is 0 Å². The van der Waals surface area contributed by atoms with Gasteiger partial charge in [-0.2, -0.15) is 0 Å². The first kappa shape index (κ1) is 19.6. The summed E-state index contributed by atoms with van der Waals surface area (Å²) >= 11 is 2.23. The topological polar surface area (TPSA) is 34.4 Å². The molecule has 0 fully saturated rings. The van der Waals surface area contributed by atoms with E-state index < -0.39 is 0 Å². The Morgan fingerprint density at radius 2 is 1.56 bits per heavy atom. The van der Waals surface area contributed by atoms with Crippen LogP contribution in [0.25, 0.3) is 0 Å². The quantitative estimate of drug-likeness (QED) is 0.364. The van der Waals surface area contributed by atoms with Crippen molar-refractivity contribution < 1.29 is 4.79 Å². The van der Waals surface area contributed by atoms with Gasteiger partial charge in [0.15, 0.2) is 5.78 Å². The molecule has 0 N–H and O–H groups in total. The van der Waals surface area contributed by atoms with Gasteiger partial charge in [-0.15, -0.1) is 17.0 Å². The molecule has 0 amide bonds. The first-order valence-corrected chi connectivity index (χ1v) is 8.78. The largest absolute Gasteiger partial charge is 0.346 e. The fourth-order valence-corrected chi connectivity index (χ4v) is 2.68. The molecule has 0 aliphatic heterocycles. The van der Waals surface area contributed by atoms with Crippen LogP contribution >= 0.6 is 39.6 Å². The van der Waals surface area contributed by atoms with Crippen molar-refractivity contribution in [3.8, 4) is 0 Å². The van der Waals surface area contributed by atoms with Gasteiger partial charge in [-0.25, -0.2) is 0 Å². The van der Waals surface area contributed by atoms with E-state index >= 15 is 0 Å². The molecule has 0 radical (unpaired) electrons. The van der Waals surface area contributed by atoms with Gasteiger partial charge in [0.05, 0.1) is 18.4 Å². The van der Waals surface area contributed by atoms with Gasteiger partial charge >= 0.3 is 0 Å². The molecule has 0 bridgehead atoms. The third-order valence-electron chi connectivity index (χ3n) is 3.65. The lowest BCUT2D eigenvalue weighted by Crippen LogP contribution is -2.12. The normalized spacial score (nSPS) is 9.96. The number of Topliss-reactive ketones (excluding diaryl/α,β-unsaturated/α-hetero) is 1. The SMILES string of the molecule is Br.O=C(Cn1ccc(=NCc2ccccc2)cc1)c1ccc(I)cc1. The van der Waals surface area contributed by atoms with E-state index in [2.05, 4.69) is 39.7 Å². The fourth-order valence-electron chi connectivity index (χ4n) is 2.32. The molecule has 3 aromatic rings. The smallest absolute Gasteiger partial charge is 0.182 e. The molecule has 5 heteroatoms. The Balaban J connectivity index is 0.00000225. The average molecular weight is 509 g/mol. The molecule has 0 saturated carbocycles. The van der Waals surface area contributed by atoms with Crippen LogP contribution < -0.4 is 5.36 Å². The molecule has 3 rings (SSSR count). The fraction of sp³-hybridized carbons (Fsp3) is 0.100. The summed E-state index contributed by atoms with van der Waals surface area (Å²) in [6.07, 6.45) is 3.79. The van der Waals surface area contributed by atoms with Gasteiger partial charge < -0.3 is 4.57 Å². The summed E-state index contributed by atoms with van der Waals surface area (Å²) in [6.45, 7) is 0.992. The van der Waals surface area contributed by atoms with Gasteiger partial charge in [0.25, 0.3) is 0 Å². The zero-order valence-corrected chi connectivity index (χ0v) is 17.4. The number of carbonyl (C=O) groups excluding carboxylic acids is 1. The van der Waals surface area contributed by atoms with Crippen molar-refractivity contribution in [2.75, 3.05) is 0 Å². The van der Waals surface area contributed by atoms with E-state index in [-0.39, 0.29) is 22.8 Å². The molecule has 0 spiro atoms. The molecule has 2 aromatic carbocycles. The highest BCUT2D eigenvalue weighted by atomic mass is 127. The molecule has 3 nitrogen and oxygen atoms in total. The number of pyridine rings is 1. The molecule has 0 unspecified atom stereocenters. The standard InChI is InChI=1S/C20H17IN2O.BrH/c21-18-8-6-17(7-9-18)20(24)15-23-12-10-19(11-13-23)22-14-16-4-2-1-3-5-16;/h1-13H,14-15H2;1H. The zero-order chi connectivity index (χ0) is 16.8. The van der Waals surface area contributed by atoms with Crippen molar-refractivity contribution in [2.24, 2.45) is 4.99 Å². The van der Waals surface area contributed by atoms with E-state index in [0.717, 1.165) is 14.5 Å². The predicted molar refractivity (Wildman–Crippen MR) is 114 cm³/mol. The molecule has 0 aliphatic rings. The second kappa shape index (κ2) is 9.68. The molecule has 0 aliphatic carbocycles. The molecule has 0 saturated heterocycles. The van der Waals surface area contributed by atoms with Crippen LogP contribution in [0.3, 0.4) is 0 Å². The van der Waals surface area contributed by atoms with Crippen LogP contribution in [0.1, 0.15) is 15.9 Å². The number of hydrogen-bond donors (Lipinski definition) is 0. The molecular formula is C20H18BrIN2O. The summed E-state index contributed by atoms with van der Waals surface area (Å²) in [5.41, 5.74) is 1.92. The van der Waals surface area contributed by atoms with Gasteiger partial charge in [-0.05, 0) is 52.4 Å². The minimum absolute atomic E-state index is 0. The summed E-state index contributed by atoms with van der Waals surface area (Å²) in [5, 5.41) is 0.914. The van der Waals surface area contributed by atoms with Gasteiger partial charge in [0.2, 0.25) is 0 Å². The lowest BCUT2D eigenvalue weighted by Gasteiger charge is -2.05. The molecule has 25 heavy (non-hydrogen) atoms. The number of aromatic nitrogens is 1. The van der Waals surface area contributed by atoms with Crippen LogP contribution in [-0.4, -0.2) is 10.4 Å². The Kier molecular flexibility index (Phi) is 7.58. The van der Waals surface area contributed by atoms with Gasteiger partial charge in [-0.3, -0.25) is 9.79 Å². The van der Waals surface area contributed by atoms with E-state index in [4.69, 9.17) is 0 Å². The third kappa shape index (κ3) is 5.93. The molecule has 1 aromatic heterocycles. The maximum Gasteiger partial charge on any atom is 0.182 e. The van der Waals surface area contributed by atoms with Gasteiger partial charge in [0.1, 0.15) is 0 Å². The summed E-state index contributed by atoms with van der Waals surface area (Å²) in [5.74, 6) is 0.102. The maximum absolute atomic E-state index is 12.3. The van der Waals surface area contributed by atoms with E-state index in [1.54, 1.807) is 0 Å². The van der Waals surface area contributed by atoms with E-state index in [9.17, 15) is 4.79 Å². The minimum Gasteiger partial charge on any atom is -0.346 e. The van der Waals surface area contributed by atoms with Crippen molar-refractivity contribution in [2.45, 2.75) is 13.1 Å². The third-order valence-corrected chi connectivity index (χ3v) is 4.37. The molecule has 1 heterocycles. The molecule has 128 valence electrons. The summed E-state index contributed by atoms with van der Waals surface area (Å²) < 4.78 is 3.00. The Morgan fingerprint density at radius 1 is 0.920 bits per heavy atom. The number of carbonyl (C=O) groups is 1. The molecular weight excluding hydrogens is 491 g/mol. The number of benzene rings is 2. The minimum atomic E-state index is 0. The lowest BCUT2D eigenvalue weighted by atomic mass is 10.1. The van der Waals surface area contributed by atoms with Crippen LogP contribution in [0.5, 0.6) is 0 Å². The highest BCUT2D eigenvalue weighted by molar-refractivity contribution is 14.1. The van der Waals surface area contributed by atoms with Crippen molar-refractivity contribution >= 4 is 45.4 Å². The van der Waals surface area contributed by atoms with Crippen molar-refractivity contribution in [1.82, 2.24) is 4.57 Å². The average Bonchev–Trinajstić information content (AvgIpc) is 2.62. The number of rotatable bonds is 5. The van der Waals surface area contributed by atoms with Crippen LogP contribution in [0, 0.1) is 3.57 Å². The second-order valence-corrected chi connectivity index (χ2v) is 6.71. The molecule has 0 atom stereocenters. The second-order valence-electron chi connectivity index (χ2n) is 5.46. The summed E-state index contributed by atoms with van der Waals surface area (Å²) in [7, 11) is 0. The van der Waals surface area contributed by atoms with Crippen LogP contribution in [0.15, 0.2) is 84.1 Å². The first-order chi connectivity index (χ1) is 11.7. The van der Waals surface area contributed by atoms with Crippen molar-refractivity contribution in [1.29, 1.82) is 0 Å². The zero-order valence-electron chi connectivity index (χ0n) is 13.5. The predicted octanol–water partition coefficient (Wildman–Crippen LogP) is 4.65. The monoisotopic (exact) mass is 508 g/mol. The van der Waals surface area contributed by atoms with Gasteiger partial charge in [-0.1, -0.05) is 42.5 Å². The Bertz CT molecular complexity index is 869. The highest BCUT2D eigenvalue weighted by Crippen LogP contribution is 2.08. The van der Waals surface area contributed by atoms with Crippen molar-refractivity contribution in [3.05, 3.63) is 99.2 Å². The van der Waals surface area contributed by atoms with Crippen molar-refractivity contribution in [3.63, 3.8) is 0 Å². The first-order valence-electron chi connectivity index (χ1n) is 7.70. The number of halogens is 2. The maximum atomic E-state index is 12.3. The van der Waals surface area contributed by atoms with Crippen LogP contribution in [-0.2, 0) is 13.1 Å². The Labute approximate surface area is 171 Å². The lowest BCUT2D eigenvalue weighted by molar-refractivity contribution is 0.0972.